The van der Waals surface area contributed by atoms with Gasteiger partial charge in [-0.3, -0.25) is 52.8 Å². The minimum atomic E-state index is -5.77. The third kappa shape index (κ3) is 13.2. The number of likely N-dealkylation sites (tertiary alicyclic amines) is 1. The number of piperidine rings is 1. The quantitative estimate of drug-likeness (QED) is 0.0199. The Hall–Kier alpha value is -7.44. The number of hydrogen-bond donors (Lipinski definition) is 3. The van der Waals surface area contributed by atoms with Crippen LogP contribution in [0.25, 0.3) is 20.9 Å². The third-order valence-electron chi connectivity index (χ3n) is 14.6. The molecule has 3 N–H and O–H groups in total. The molecule has 82 heavy (non-hydrogen) atoms. The van der Waals surface area contributed by atoms with Gasteiger partial charge in [0.25, 0.3) is 11.8 Å². The molecule has 3 aliphatic heterocycles. The lowest BCUT2D eigenvalue weighted by molar-refractivity contribution is -0.160. The molecule has 4 atom stereocenters. The smallest absolute Gasteiger partial charge is 0.404 e. The summed E-state index contributed by atoms with van der Waals surface area (Å²) in [4.78, 5) is 123. The maximum absolute atomic E-state index is 15.6. The number of alkyl halides is 2. The molecule has 7 amide bonds. The highest BCUT2D eigenvalue weighted by Gasteiger charge is 2.53. The van der Waals surface area contributed by atoms with Crippen molar-refractivity contribution in [2.45, 2.75) is 117 Å². The first-order valence-electron chi connectivity index (χ1n) is 26.7. The van der Waals surface area contributed by atoms with E-state index in [-0.39, 0.29) is 73.3 Å². The summed E-state index contributed by atoms with van der Waals surface area (Å²) in [7, 11) is -4.12. The van der Waals surface area contributed by atoms with Crippen LogP contribution in [0, 0.1) is 28.5 Å². The highest BCUT2D eigenvalue weighted by molar-refractivity contribution is 7.53. The van der Waals surface area contributed by atoms with E-state index in [0.29, 0.717) is 63.7 Å². The van der Waals surface area contributed by atoms with Crippen molar-refractivity contribution in [2.75, 3.05) is 38.4 Å². The summed E-state index contributed by atoms with van der Waals surface area (Å²) in [6.45, 7) is 9.09. The van der Waals surface area contributed by atoms with Gasteiger partial charge in [0.15, 0.2) is 0 Å². The molecule has 1 aromatic heterocycles. The Labute approximate surface area is 476 Å². The van der Waals surface area contributed by atoms with Crippen molar-refractivity contribution in [1.82, 2.24) is 25.3 Å². The van der Waals surface area contributed by atoms with Crippen LogP contribution in [-0.4, -0.2) is 119 Å². The summed E-state index contributed by atoms with van der Waals surface area (Å²) in [5, 5.41) is 6.45. The van der Waals surface area contributed by atoms with Crippen LogP contribution < -0.4 is 15.5 Å². The van der Waals surface area contributed by atoms with E-state index in [1.54, 1.807) is 70.3 Å². The number of rotatable bonds is 17. The molecular weight excluding hydrogens is 1100 g/mol. The average Bonchev–Trinajstić information content (AvgIpc) is 4.34. The maximum Gasteiger partial charge on any atom is 0.404 e. The summed E-state index contributed by atoms with van der Waals surface area (Å²) in [5.74, 6) is 1.78. The zero-order valence-electron chi connectivity index (χ0n) is 46.4. The van der Waals surface area contributed by atoms with Crippen LogP contribution in [0.2, 0.25) is 0 Å². The minimum Gasteiger partial charge on any atom is -0.438 e. The van der Waals surface area contributed by atoms with E-state index < -0.39 is 90.0 Å². The number of nitrogens with one attached hydrogen (secondary N) is 2. The molecule has 0 saturated carbocycles. The lowest BCUT2D eigenvalue weighted by Gasteiger charge is -2.36. The predicted octanol–water partition coefficient (Wildman–Crippen LogP) is 8.60. The lowest BCUT2D eigenvalue weighted by Crippen LogP contribution is -2.58. The number of carbonyl (C=O) groups excluding carboxylic acids is 8. The summed E-state index contributed by atoms with van der Waals surface area (Å²) in [6, 6.07) is 15.9. The summed E-state index contributed by atoms with van der Waals surface area (Å²) in [5.41, 5.74) is -5.12. The molecule has 0 aliphatic carbocycles. The van der Waals surface area contributed by atoms with Crippen molar-refractivity contribution in [2.24, 2.45) is 10.8 Å². The number of carbonyl (C=O) groups is 8. The molecule has 4 aromatic carbocycles. The summed E-state index contributed by atoms with van der Waals surface area (Å²) < 4.78 is 67.8. The first kappa shape index (κ1) is 60.7. The van der Waals surface area contributed by atoms with Crippen molar-refractivity contribution in [3.05, 3.63) is 112 Å². The van der Waals surface area contributed by atoms with Gasteiger partial charge in [0.2, 0.25) is 36.3 Å². The fraction of sp³-hybridized carbons (Fsp3) is 0.424. The minimum absolute atomic E-state index is 0.0319. The lowest BCUT2D eigenvalue weighted by atomic mass is 9.85. The van der Waals surface area contributed by atoms with E-state index in [2.05, 4.69) is 27.0 Å². The summed E-state index contributed by atoms with van der Waals surface area (Å²) in [6.07, 6.45) is 1.86. The van der Waals surface area contributed by atoms with Gasteiger partial charge in [-0.1, -0.05) is 56.9 Å². The van der Waals surface area contributed by atoms with E-state index in [4.69, 9.17) is 4.74 Å². The molecule has 0 radical (unpaired) electrons. The van der Waals surface area contributed by atoms with E-state index in [0.717, 1.165) is 23.5 Å². The predicted molar refractivity (Wildman–Crippen MR) is 300 cm³/mol. The number of anilines is 1. The highest BCUT2D eigenvalue weighted by atomic mass is 32.1. The largest absolute Gasteiger partial charge is 0.438 e. The van der Waals surface area contributed by atoms with Crippen LogP contribution >= 0.6 is 18.9 Å². The number of ether oxygens (including phenoxy) is 1. The van der Waals surface area contributed by atoms with Crippen molar-refractivity contribution >= 4 is 92.8 Å². The first-order chi connectivity index (χ1) is 38.5. The second-order valence-electron chi connectivity index (χ2n) is 22.7. The molecule has 23 heteroatoms. The zero-order chi connectivity index (χ0) is 59.6. The molecule has 18 nitrogen and oxygen atoms in total. The molecule has 434 valence electrons. The van der Waals surface area contributed by atoms with Gasteiger partial charge in [-0.2, -0.15) is 8.78 Å². The van der Waals surface area contributed by atoms with Crippen LogP contribution in [0.4, 0.5) is 18.9 Å². The number of esters is 1. The van der Waals surface area contributed by atoms with E-state index in [9.17, 15) is 52.2 Å². The van der Waals surface area contributed by atoms with Gasteiger partial charge in [-0.25, -0.2) is 4.39 Å². The number of amides is 7. The Balaban J connectivity index is 0.928. The van der Waals surface area contributed by atoms with Crippen LogP contribution in [0.3, 0.4) is 0 Å². The standard InChI is InChI=1S/C59H64F3N6O12PS/c1-57(2,3)50(64-52(72)47-32-38-29-39(19-23-46(38)82-47)59(61,62)81(77,78)80-34-79-56(76)58(4,5)6)55(75)67-27-12-16-45(67)54(74)66(41-21-18-36-30-40(60)20-17-37(36)31-41)28-25-49(70)65(7)26-10-8-9-13-35-14-11-15-42-43(35)33-68(53(42)73)44-22-24-48(69)63-51(44)71/h11,14-15,17-21,23,29-32,44-45,50H,8,10,12,16,22,24-28,33-34H2,1-7H3,(H,64,72)(H,77,78)(H,63,69,71)/t44?,45-,50?/m0/s1. The number of benzene rings is 4. The Morgan fingerprint density at radius 2 is 1.66 bits per heavy atom. The van der Waals surface area contributed by atoms with Gasteiger partial charge in [-0.15, -0.1) is 11.3 Å². The first-order valence-corrected chi connectivity index (χ1v) is 29.1. The monoisotopic (exact) mass is 1170 g/mol. The Kier molecular flexibility index (Phi) is 17.9. The van der Waals surface area contributed by atoms with Crippen LogP contribution in [-0.2, 0) is 54.8 Å². The maximum atomic E-state index is 15.6. The second-order valence-corrected chi connectivity index (χ2v) is 25.6. The molecular formula is C59H64F3N6O12PS. The SMILES string of the molecule is CN(CCCC#Cc1cccc2c1CN(C1CCC(=O)NC1=O)C2=O)C(=O)CCN(C(=O)[C@@H]1CCCN1C(=O)C(NC(=O)c1cc2cc(C(F)(F)P(=O)(O)OCOC(=O)C(C)(C)C)ccc2s1)C(C)(C)C)c1ccc2cc(F)ccc2c1. The number of nitrogens with zero attached hydrogens (tertiary/aromatic N) is 4. The Bertz CT molecular complexity index is 3510. The fourth-order valence-corrected chi connectivity index (χ4v) is 11.7. The van der Waals surface area contributed by atoms with Gasteiger partial charge in [0.05, 0.1) is 10.3 Å². The molecule has 3 aliphatic rings. The normalized spacial score (nSPS) is 17.6. The van der Waals surface area contributed by atoms with Crippen LogP contribution in [0.1, 0.15) is 123 Å². The number of imide groups is 1. The van der Waals surface area contributed by atoms with Crippen LogP contribution in [0.5, 0.6) is 0 Å². The molecule has 2 fully saturated rings. The number of unbranched alkanes of at least 4 members (excludes halogenated alkanes) is 1. The number of hydrogen-bond acceptors (Lipinski definition) is 12. The second kappa shape index (κ2) is 24.2. The topological polar surface area (TPSA) is 229 Å². The molecule has 2 saturated heterocycles. The van der Waals surface area contributed by atoms with Gasteiger partial charge >= 0.3 is 19.2 Å². The van der Waals surface area contributed by atoms with Crippen LogP contribution in [0.15, 0.2) is 78.9 Å². The van der Waals surface area contributed by atoms with Gasteiger partial charge in [0.1, 0.15) is 23.9 Å². The van der Waals surface area contributed by atoms with Crippen molar-refractivity contribution in [1.29, 1.82) is 0 Å². The highest BCUT2D eigenvalue weighted by Crippen LogP contribution is 2.63. The van der Waals surface area contributed by atoms with Crippen molar-refractivity contribution in [3.63, 3.8) is 0 Å². The zero-order valence-corrected chi connectivity index (χ0v) is 48.1. The molecule has 8 rings (SSSR count). The third-order valence-corrected chi connectivity index (χ3v) is 17.2. The molecule has 0 spiro atoms. The van der Waals surface area contributed by atoms with Gasteiger partial charge in [-0.05, 0) is 128 Å². The van der Waals surface area contributed by atoms with E-state index in [1.807, 2.05) is 0 Å². The number of halogens is 3. The van der Waals surface area contributed by atoms with Gasteiger partial charge in [0, 0.05) is 79.6 Å². The fourth-order valence-electron chi connectivity index (χ4n) is 9.96. The molecule has 0 bridgehead atoms. The van der Waals surface area contributed by atoms with E-state index in [1.165, 1.54) is 64.6 Å². The Morgan fingerprint density at radius 1 is 0.927 bits per heavy atom. The average molecular weight is 1170 g/mol. The Morgan fingerprint density at radius 3 is 2.38 bits per heavy atom. The number of fused-ring (bicyclic) bond motifs is 3. The molecule has 5 aromatic rings. The summed E-state index contributed by atoms with van der Waals surface area (Å²) >= 11 is 0.931. The van der Waals surface area contributed by atoms with Crippen molar-refractivity contribution in [3.8, 4) is 11.8 Å². The van der Waals surface area contributed by atoms with Gasteiger partial charge < -0.3 is 34.5 Å². The van der Waals surface area contributed by atoms with Crippen molar-refractivity contribution < 1.29 is 70.2 Å². The van der Waals surface area contributed by atoms with E-state index >= 15 is 8.78 Å². The molecule has 3 unspecified atom stereocenters. The molecule has 4 heterocycles. The number of thiophene rings is 1.